The van der Waals surface area contributed by atoms with Crippen LogP contribution in [0.15, 0.2) is 63.8 Å². The molecule has 1 amide bonds. The van der Waals surface area contributed by atoms with E-state index in [1.54, 1.807) is 43.3 Å². The number of benzene rings is 2. The first-order chi connectivity index (χ1) is 27.2. The lowest BCUT2D eigenvalue weighted by atomic mass is 9.94. The number of aryl methyl sites for hydroxylation is 1. The second kappa shape index (κ2) is 17.8. The fourth-order valence-electron chi connectivity index (χ4n) is 6.97. The number of ether oxygens (including phenoxy) is 10. The topological polar surface area (TPSA) is 220 Å². The molecule has 0 aliphatic carbocycles. The van der Waals surface area contributed by atoms with Crippen molar-refractivity contribution in [1.29, 1.82) is 0 Å². The van der Waals surface area contributed by atoms with Gasteiger partial charge in [0.15, 0.2) is 30.9 Å². The van der Waals surface area contributed by atoms with Crippen molar-refractivity contribution in [1.82, 2.24) is 5.32 Å². The normalized spacial score (nSPS) is 29.6. The van der Waals surface area contributed by atoms with Gasteiger partial charge >= 0.3 is 29.5 Å². The highest BCUT2D eigenvalue weighted by atomic mass is 16.8. The van der Waals surface area contributed by atoms with E-state index in [1.165, 1.54) is 19.1 Å². The lowest BCUT2D eigenvalue weighted by Crippen LogP contribution is -2.70. The van der Waals surface area contributed by atoms with Crippen LogP contribution in [0.1, 0.15) is 52.0 Å². The highest BCUT2D eigenvalue weighted by Crippen LogP contribution is 2.39. The summed E-state index contributed by atoms with van der Waals surface area (Å²) in [5, 5.41) is 3.49. The minimum atomic E-state index is -1.66. The van der Waals surface area contributed by atoms with Gasteiger partial charge in [-0.15, -0.1) is 0 Å². The Balaban J connectivity index is 1.42. The van der Waals surface area contributed by atoms with Crippen LogP contribution in [0.2, 0.25) is 0 Å². The summed E-state index contributed by atoms with van der Waals surface area (Å²) in [5.41, 5.74) is 1.02. The zero-order valence-corrected chi connectivity index (χ0v) is 31.9. The van der Waals surface area contributed by atoms with Crippen LogP contribution in [0.4, 0.5) is 0 Å². The zero-order chi connectivity index (χ0) is 41.0. The van der Waals surface area contributed by atoms with Gasteiger partial charge in [-0.1, -0.05) is 30.3 Å². The van der Waals surface area contributed by atoms with Gasteiger partial charge in [-0.25, -0.2) is 4.79 Å². The van der Waals surface area contributed by atoms with Crippen molar-refractivity contribution in [3.8, 4) is 5.75 Å². The molecule has 0 saturated carbocycles. The molecule has 11 atom stereocenters. The van der Waals surface area contributed by atoms with Crippen molar-refractivity contribution in [2.24, 2.45) is 0 Å². The van der Waals surface area contributed by atoms with Crippen LogP contribution >= 0.6 is 0 Å². The molecule has 57 heavy (non-hydrogen) atoms. The van der Waals surface area contributed by atoms with Gasteiger partial charge in [0.2, 0.25) is 12.2 Å². The maximum atomic E-state index is 12.9. The van der Waals surface area contributed by atoms with Crippen molar-refractivity contribution >= 4 is 40.8 Å². The van der Waals surface area contributed by atoms with Crippen LogP contribution in [0, 0.1) is 6.92 Å². The number of hydrogen-bond acceptors (Lipinski definition) is 17. The Morgan fingerprint density at radius 3 is 2.11 bits per heavy atom. The van der Waals surface area contributed by atoms with Gasteiger partial charge in [0.1, 0.15) is 48.4 Å². The molecule has 0 bridgehead atoms. The van der Waals surface area contributed by atoms with Crippen LogP contribution in [0.3, 0.4) is 0 Å². The highest BCUT2D eigenvalue weighted by Gasteiger charge is 2.58. The zero-order valence-electron chi connectivity index (χ0n) is 31.9. The van der Waals surface area contributed by atoms with Crippen LogP contribution in [-0.4, -0.2) is 104 Å². The summed E-state index contributed by atoms with van der Waals surface area (Å²) in [7, 11) is 0. The summed E-state index contributed by atoms with van der Waals surface area (Å²) in [6.07, 6.45) is -13.1. The average molecular weight is 798 g/mol. The van der Waals surface area contributed by atoms with Crippen LogP contribution in [0.25, 0.3) is 11.0 Å². The Morgan fingerprint density at radius 1 is 0.754 bits per heavy atom. The van der Waals surface area contributed by atoms with E-state index < -0.39 is 110 Å². The monoisotopic (exact) mass is 797 g/mol. The lowest BCUT2D eigenvalue weighted by Gasteiger charge is -2.51. The molecule has 3 aromatic rings. The first-order valence-corrected chi connectivity index (χ1v) is 18.1. The number of rotatable bonds is 11. The molecule has 3 saturated heterocycles. The molecule has 3 aliphatic rings. The van der Waals surface area contributed by atoms with Gasteiger partial charge in [0, 0.05) is 57.7 Å². The molecule has 18 nitrogen and oxygen atoms in total. The van der Waals surface area contributed by atoms with Gasteiger partial charge < -0.3 is 57.1 Å². The molecular weight excluding hydrogens is 754 g/mol. The molecule has 0 unspecified atom stereocenters. The fraction of sp³-hybridized carbons (Fsp3) is 0.487. The molecule has 1 N–H and O–H groups in total. The van der Waals surface area contributed by atoms with Gasteiger partial charge in [-0.3, -0.25) is 24.0 Å². The Labute approximate surface area is 325 Å². The van der Waals surface area contributed by atoms with Crippen molar-refractivity contribution in [3.63, 3.8) is 0 Å². The van der Waals surface area contributed by atoms with Crippen LogP contribution in [0.5, 0.6) is 5.75 Å². The van der Waals surface area contributed by atoms with E-state index in [1.807, 2.05) is 6.07 Å². The summed E-state index contributed by atoms with van der Waals surface area (Å²) >= 11 is 0. The molecule has 6 rings (SSSR count). The summed E-state index contributed by atoms with van der Waals surface area (Å²) in [6.45, 7) is 6.92. The standard InChI is InChI=1S/C39H43NO17/c1-18-14-30(46)53-27-15-25(12-13-26(18)27)52-38-31(40-19(2)41)34(32-29(54-38)17-48-37(56-32)24-10-8-7-9-11-24)57-39-36(51-23(6)45)35(50-22(5)44)33(49-21(4)43)28(55-39)16-47-20(3)42/h7-15,28-29,31-39H,16-17H2,1-6H3,(H,40,41)/t28-,29-,31-,32+,33+,34-,35+,36-,37+,38+,39+/m1/s1. The molecule has 0 spiro atoms. The molecule has 4 heterocycles. The number of nitrogens with one attached hydrogen (secondary N) is 1. The summed E-state index contributed by atoms with van der Waals surface area (Å²) in [5.74, 6) is -3.52. The number of carbonyl (C=O) groups excluding carboxylic acids is 5. The first-order valence-electron chi connectivity index (χ1n) is 18.1. The average Bonchev–Trinajstić information content (AvgIpc) is 3.13. The molecule has 1 aromatic heterocycles. The van der Waals surface area contributed by atoms with E-state index in [4.69, 9.17) is 51.8 Å². The SMILES string of the molecule is CC(=O)N[C@H]1[C@@H](Oc2ccc3c(C)cc(=O)oc3c2)O[C@@H]2CO[C@H](c3ccccc3)O[C@@H]2[C@@H]1O[C@@H]1O[C@H](COC(C)=O)[C@H](OC(C)=O)[C@H](OC(C)=O)[C@H]1OC(C)=O. The van der Waals surface area contributed by atoms with Gasteiger partial charge in [-0.05, 0) is 24.6 Å². The number of carbonyl (C=O) groups is 5. The van der Waals surface area contributed by atoms with E-state index in [9.17, 15) is 28.8 Å². The predicted octanol–water partition coefficient (Wildman–Crippen LogP) is 2.29. The highest BCUT2D eigenvalue weighted by molar-refractivity contribution is 5.81. The smallest absolute Gasteiger partial charge is 0.336 e. The third kappa shape index (κ3) is 9.95. The predicted molar refractivity (Wildman–Crippen MR) is 191 cm³/mol. The van der Waals surface area contributed by atoms with E-state index in [0.29, 0.717) is 16.5 Å². The van der Waals surface area contributed by atoms with Crippen molar-refractivity contribution in [3.05, 3.63) is 76.1 Å². The van der Waals surface area contributed by atoms with Crippen LogP contribution < -0.4 is 15.7 Å². The molecule has 18 heteroatoms. The second-order valence-electron chi connectivity index (χ2n) is 13.6. The number of fused-ring (bicyclic) bond motifs is 2. The third-order valence-corrected chi connectivity index (χ3v) is 9.20. The maximum Gasteiger partial charge on any atom is 0.336 e. The minimum absolute atomic E-state index is 0.0545. The number of esters is 4. The summed E-state index contributed by atoms with van der Waals surface area (Å²) in [6, 6.07) is 14.0. The summed E-state index contributed by atoms with van der Waals surface area (Å²) in [4.78, 5) is 74.5. The van der Waals surface area contributed by atoms with Crippen molar-refractivity contribution < 1.29 is 75.8 Å². The molecule has 2 aromatic carbocycles. The Hall–Kier alpha value is -5.40. The molecule has 3 aliphatic heterocycles. The van der Waals surface area contributed by atoms with Crippen molar-refractivity contribution in [2.75, 3.05) is 13.2 Å². The third-order valence-electron chi connectivity index (χ3n) is 9.20. The minimum Gasteiger partial charge on any atom is -0.463 e. The molecular formula is C39H43NO17. The molecule has 306 valence electrons. The van der Waals surface area contributed by atoms with E-state index in [-0.39, 0.29) is 17.9 Å². The number of amides is 1. The summed E-state index contributed by atoms with van der Waals surface area (Å²) < 4.78 is 65.7. The van der Waals surface area contributed by atoms with E-state index in [2.05, 4.69) is 5.32 Å². The second-order valence-corrected chi connectivity index (χ2v) is 13.6. The lowest BCUT2D eigenvalue weighted by molar-refractivity contribution is -0.372. The Bertz CT molecular complexity index is 2020. The van der Waals surface area contributed by atoms with Crippen molar-refractivity contribution in [2.45, 2.75) is 109 Å². The molecule has 3 fully saturated rings. The maximum absolute atomic E-state index is 12.9. The fourth-order valence-corrected chi connectivity index (χ4v) is 6.97. The van der Waals surface area contributed by atoms with Gasteiger partial charge in [0.25, 0.3) is 0 Å². The quantitative estimate of drug-likeness (QED) is 0.167. The van der Waals surface area contributed by atoms with E-state index in [0.717, 1.165) is 27.7 Å². The van der Waals surface area contributed by atoms with Gasteiger partial charge in [-0.2, -0.15) is 0 Å². The first kappa shape index (κ1) is 41.2. The van der Waals surface area contributed by atoms with Crippen LogP contribution in [-0.2, 0) is 66.6 Å². The van der Waals surface area contributed by atoms with Gasteiger partial charge in [0.05, 0.1) is 6.61 Å². The Morgan fingerprint density at radius 2 is 1.44 bits per heavy atom. The number of hydrogen-bond donors (Lipinski definition) is 1. The van der Waals surface area contributed by atoms with E-state index >= 15 is 0 Å². The Kier molecular flexibility index (Phi) is 12.9. The largest absolute Gasteiger partial charge is 0.463 e. The molecule has 0 radical (unpaired) electrons.